The Balaban J connectivity index is 2.08. The number of benzene rings is 1. The molecule has 0 atom stereocenters. The monoisotopic (exact) mass is 309 g/mol. The van der Waals surface area contributed by atoms with Crippen molar-refractivity contribution in [2.45, 2.75) is 33.0 Å². The molecule has 0 N–H and O–H groups in total. The topological polar surface area (TPSA) is 35.3 Å². The third-order valence-electron chi connectivity index (χ3n) is 2.35. The Morgan fingerprint density at radius 3 is 2.50 bits per heavy atom. The lowest BCUT2D eigenvalue weighted by molar-refractivity contribution is -0.0241. The molecule has 0 aliphatic rings. The van der Waals surface area contributed by atoms with Crippen LogP contribution in [0.25, 0.3) is 11.3 Å². The van der Waals surface area contributed by atoms with Crippen LogP contribution >= 0.6 is 15.9 Å². The number of halogens is 1. The van der Waals surface area contributed by atoms with Crippen LogP contribution in [0.15, 0.2) is 39.3 Å². The number of hydrogen-bond donors (Lipinski definition) is 0. The van der Waals surface area contributed by atoms with Crippen molar-refractivity contribution >= 4 is 15.9 Å². The molecule has 2 aromatic rings. The largest absolute Gasteiger partial charge is 0.368 e. The van der Waals surface area contributed by atoms with Gasteiger partial charge in [-0.15, -0.1) is 0 Å². The minimum absolute atomic E-state index is 0.176. The minimum atomic E-state index is -0.176. The number of nitrogens with zero attached hydrogens (tertiary/aromatic N) is 1. The maximum absolute atomic E-state index is 5.64. The Hall–Kier alpha value is -1.13. The van der Waals surface area contributed by atoms with E-state index in [1.165, 1.54) is 0 Å². The van der Waals surface area contributed by atoms with Crippen molar-refractivity contribution < 1.29 is 9.26 Å². The maximum atomic E-state index is 5.64. The van der Waals surface area contributed by atoms with Gasteiger partial charge in [0.25, 0.3) is 0 Å². The summed E-state index contributed by atoms with van der Waals surface area (Å²) in [4.78, 5) is 0. The van der Waals surface area contributed by atoms with Crippen molar-refractivity contribution in [2.75, 3.05) is 0 Å². The first-order chi connectivity index (χ1) is 8.44. The molecule has 1 heterocycles. The minimum Gasteiger partial charge on any atom is -0.368 e. The molecule has 0 amide bonds. The molecule has 3 nitrogen and oxygen atoms in total. The van der Waals surface area contributed by atoms with Crippen molar-refractivity contribution in [3.63, 3.8) is 0 Å². The van der Waals surface area contributed by atoms with E-state index < -0.39 is 0 Å². The molecule has 2 rings (SSSR count). The fourth-order valence-corrected chi connectivity index (χ4v) is 1.69. The molecule has 0 saturated carbocycles. The summed E-state index contributed by atoms with van der Waals surface area (Å²) in [6, 6.07) is 9.87. The summed E-state index contributed by atoms with van der Waals surface area (Å²) in [5.74, 6) is 0.739. The van der Waals surface area contributed by atoms with Gasteiger partial charge in [0.15, 0.2) is 5.76 Å². The molecule has 96 valence electrons. The zero-order valence-corrected chi connectivity index (χ0v) is 12.3. The second-order valence-corrected chi connectivity index (χ2v) is 6.00. The Labute approximate surface area is 115 Å². The molecule has 1 aromatic heterocycles. The van der Waals surface area contributed by atoms with E-state index in [9.17, 15) is 0 Å². The maximum Gasteiger partial charge on any atom is 0.163 e. The average Bonchev–Trinajstić information content (AvgIpc) is 2.75. The lowest BCUT2D eigenvalue weighted by atomic mass is 10.1. The predicted octanol–water partition coefficient (Wildman–Crippen LogP) is 4.42. The van der Waals surface area contributed by atoms with Crippen LogP contribution in [-0.2, 0) is 11.3 Å². The first-order valence-electron chi connectivity index (χ1n) is 5.79. The molecule has 0 spiro atoms. The third kappa shape index (κ3) is 3.68. The van der Waals surface area contributed by atoms with Gasteiger partial charge in [0.1, 0.15) is 12.3 Å². The summed E-state index contributed by atoms with van der Waals surface area (Å²) in [5.41, 5.74) is 1.68. The van der Waals surface area contributed by atoms with Gasteiger partial charge in [-0.25, -0.2) is 0 Å². The van der Waals surface area contributed by atoms with E-state index in [0.29, 0.717) is 6.61 Å². The van der Waals surface area contributed by atoms with Crippen molar-refractivity contribution in [3.8, 4) is 11.3 Å². The van der Waals surface area contributed by atoms with Crippen LogP contribution in [-0.4, -0.2) is 10.8 Å². The molecule has 18 heavy (non-hydrogen) atoms. The van der Waals surface area contributed by atoms with Gasteiger partial charge in [0, 0.05) is 16.1 Å². The second kappa shape index (κ2) is 5.24. The number of ether oxygens (including phenoxy) is 1. The molecule has 0 fully saturated rings. The van der Waals surface area contributed by atoms with Gasteiger partial charge in [-0.1, -0.05) is 33.2 Å². The summed E-state index contributed by atoms with van der Waals surface area (Å²) in [6.07, 6.45) is 0. The van der Waals surface area contributed by atoms with Crippen LogP contribution in [0.1, 0.15) is 26.5 Å². The molecule has 0 saturated heterocycles. The Bertz CT molecular complexity index is 511. The normalized spacial score (nSPS) is 11.8. The molecule has 0 unspecified atom stereocenters. The van der Waals surface area contributed by atoms with E-state index in [4.69, 9.17) is 9.26 Å². The zero-order chi connectivity index (χ0) is 13.2. The fraction of sp³-hybridized carbons (Fsp3) is 0.357. The highest BCUT2D eigenvalue weighted by atomic mass is 79.9. The van der Waals surface area contributed by atoms with Crippen LogP contribution in [0.4, 0.5) is 0 Å². The number of rotatable bonds is 3. The number of aromatic nitrogens is 1. The standard InChI is InChI=1S/C14H16BrNO2/c1-14(2,3)17-9-12-8-13(16-18-12)10-4-6-11(15)7-5-10/h4-8H,9H2,1-3H3. The van der Waals surface area contributed by atoms with Crippen LogP contribution in [0.3, 0.4) is 0 Å². The highest BCUT2D eigenvalue weighted by Crippen LogP contribution is 2.22. The van der Waals surface area contributed by atoms with E-state index in [2.05, 4.69) is 21.1 Å². The van der Waals surface area contributed by atoms with Gasteiger partial charge in [0.2, 0.25) is 0 Å². The molecular formula is C14H16BrNO2. The Morgan fingerprint density at radius 2 is 1.89 bits per heavy atom. The SMILES string of the molecule is CC(C)(C)OCc1cc(-c2ccc(Br)cc2)no1. The van der Waals surface area contributed by atoms with E-state index in [1.54, 1.807) is 0 Å². The van der Waals surface area contributed by atoms with Gasteiger partial charge in [-0.05, 0) is 32.9 Å². The Kier molecular flexibility index (Phi) is 3.88. The van der Waals surface area contributed by atoms with E-state index in [1.807, 2.05) is 51.1 Å². The van der Waals surface area contributed by atoms with Crippen molar-refractivity contribution in [1.29, 1.82) is 0 Å². The highest BCUT2D eigenvalue weighted by molar-refractivity contribution is 9.10. The van der Waals surface area contributed by atoms with Gasteiger partial charge >= 0.3 is 0 Å². The third-order valence-corrected chi connectivity index (χ3v) is 2.88. The molecule has 0 aliphatic heterocycles. The summed E-state index contributed by atoms with van der Waals surface area (Å²) >= 11 is 3.41. The van der Waals surface area contributed by atoms with Crippen LogP contribution in [0.5, 0.6) is 0 Å². The Morgan fingerprint density at radius 1 is 1.22 bits per heavy atom. The first-order valence-corrected chi connectivity index (χ1v) is 6.59. The quantitative estimate of drug-likeness (QED) is 0.842. The lowest BCUT2D eigenvalue weighted by Crippen LogP contribution is -2.18. The fourth-order valence-electron chi connectivity index (χ4n) is 1.43. The van der Waals surface area contributed by atoms with Crippen LogP contribution in [0, 0.1) is 0 Å². The summed E-state index contributed by atoms with van der Waals surface area (Å²) in [5, 5.41) is 4.05. The molecule has 1 aromatic carbocycles. The second-order valence-electron chi connectivity index (χ2n) is 5.09. The van der Waals surface area contributed by atoms with Crippen molar-refractivity contribution in [2.24, 2.45) is 0 Å². The zero-order valence-electron chi connectivity index (χ0n) is 10.7. The summed E-state index contributed by atoms with van der Waals surface area (Å²) in [6.45, 7) is 6.48. The average molecular weight is 310 g/mol. The van der Waals surface area contributed by atoms with E-state index in [0.717, 1.165) is 21.5 Å². The van der Waals surface area contributed by atoms with Crippen LogP contribution < -0.4 is 0 Å². The molecule has 0 aliphatic carbocycles. The van der Waals surface area contributed by atoms with Gasteiger partial charge in [0.05, 0.1) is 5.60 Å². The van der Waals surface area contributed by atoms with Gasteiger partial charge in [-0.3, -0.25) is 0 Å². The predicted molar refractivity (Wildman–Crippen MR) is 74.2 cm³/mol. The number of hydrogen-bond acceptors (Lipinski definition) is 3. The molecular weight excluding hydrogens is 294 g/mol. The van der Waals surface area contributed by atoms with Crippen molar-refractivity contribution in [3.05, 3.63) is 40.6 Å². The van der Waals surface area contributed by atoms with Crippen LogP contribution in [0.2, 0.25) is 0 Å². The smallest absolute Gasteiger partial charge is 0.163 e. The van der Waals surface area contributed by atoms with Gasteiger partial charge < -0.3 is 9.26 Å². The first kappa shape index (κ1) is 13.3. The van der Waals surface area contributed by atoms with Crippen molar-refractivity contribution in [1.82, 2.24) is 5.16 Å². The molecule has 0 bridgehead atoms. The highest BCUT2D eigenvalue weighted by Gasteiger charge is 2.13. The van der Waals surface area contributed by atoms with E-state index >= 15 is 0 Å². The molecule has 4 heteroatoms. The van der Waals surface area contributed by atoms with E-state index in [-0.39, 0.29) is 5.60 Å². The summed E-state index contributed by atoms with van der Waals surface area (Å²) < 4.78 is 11.9. The lowest BCUT2D eigenvalue weighted by Gasteiger charge is -2.17. The summed E-state index contributed by atoms with van der Waals surface area (Å²) in [7, 11) is 0. The molecule has 0 radical (unpaired) electrons. The van der Waals surface area contributed by atoms with Gasteiger partial charge in [-0.2, -0.15) is 0 Å².